The van der Waals surface area contributed by atoms with Crippen molar-refractivity contribution in [2.45, 2.75) is 25.9 Å². The van der Waals surface area contributed by atoms with Gasteiger partial charge in [-0.05, 0) is 30.4 Å². The van der Waals surface area contributed by atoms with Gasteiger partial charge in [-0.1, -0.05) is 18.5 Å². The quantitative estimate of drug-likeness (QED) is 0.693. The first-order valence-corrected chi connectivity index (χ1v) is 4.87. The van der Waals surface area contributed by atoms with Crippen LogP contribution in [0.1, 0.15) is 30.7 Å². The van der Waals surface area contributed by atoms with Crippen LogP contribution in [0.25, 0.3) is 0 Å². The number of aromatic nitrogens is 1. The minimum absolute atomic E-state index is 0.433. The molecule has 2 atom stereocenters. The van der Waals surface area contributed by atoms with Crippen molar-refractivity contribution in [1.29, 1.82) is 0 Å². The third kappa shape index (κ3) is 1.56. The Labute approximate surface area is 82.6 Å². The predicted octanol–water partition coefficient (Wildman–Crippen LogP) is 2.35. The van der Waals surface area contributed by atoms with E-state index in [1.165, 1.54) is 0 Å². The molecule has 1 aliphatic rings. The molecule has 70 valence electrons. The summed E-state index contributed by atoms with van der Waals surface area (Å²) < 4.78 is 0. The monoisotopic (exact) mass is 197 g/mol. The van der Waals surface area contributed by atoms with Crippen LogP contribution in [0.2, 0.25) is 5.02 Å². The molecule has 0 radical (unpaired) electrons. The van der Waals surface area contributed by atoms with Crippen LogP contribution in [0.3, 0.4) is 0 Å². The first-order chi connectivity index (χ1) is 6.18. The zero-order valence-electron chi connectivity index (χ0n) is 7.50. The van der Waals surface area contributed by atoms with Crippen molar-refractivity contribution < 1.29 is 5.11 Å². The number of rotatable bonds is 0. The number of nitrogens with zero attached hydrogens (tertiary/aromatic N) is 1. The lowest BCUT2D eigenvalue weighted by Crippen LogP contribution is -2.18. The number of aliphatic hydroxyl groups excluding tert-OH is 1. The van der Waals surface area contributed by atoms with Crippen molar-refractivity contribution in [2.24, 2.45) is 5.92 Å². The first-order valence-electron chi connectivity index (χ1n) is 4.50. The predicted molar refractivity (Wildman–Crippen MR) is 51.7 cm³/mol. The van der Waals surface area contributed by atoms with E-state index in [-0.39, 0.29) is 0 Å². The van der Waals surface area contributed by atoms with E-state index in [1.807, 2.05) is 0 Å². The molecule has 0 saturated heterocycles. The summed E-state index contributed by atoms with van der Waals surface area (Å²) in [6.07, 6.45) is 2.94. The number of pyridine rings is 1. The Morgan fingerprint density at radius 1 is 1.62 bits per heavy atom. The Morgan fingerprint density at radius 2 is 2.38 bits per heavy atom. The second kappa shape index (κ2) is 3.28. The standard InChI is InChI=1S/C10H12ClNO/c1-6-4-7-8(11)2-3-12-10(7)9(13)5-6/h2-3,6,9,13H,4-5H2,1H3/t6-,9+/m1/s1. The maximum atomic E-state index is 9.74. The Hall–Kier alpha value is -0.600. The van der Waals surface area contributed by atoms with Gasteiger partial charge >= 0.3 is 0 Å². The normalized spacial score (nSPS) is 27.0. The van der Waals surface area contributed by atoms with Crippen LogP contribution >= 0.6 is 11.6 Å². The molecule has 2 nitrogen and oxygen atoms in total. The van der Waals surface area contributed by atoms with E-state index in [4.69, 9.17) is 11.6 Å². The Balaban J connectivity index is 2.49. The molecule has 0 saturated carbocycles. The molecular formula is C10H12ClNO. The van der Waals surface area contributed by atoms with Gasteiger partial charge in [0.2, 0.25) is 0 Å². The highest BCUT2D eigenvalue weighted by Crippen LogP contribution is 2.34. The molecule has 1 aromatic heterocycles. The molecule has 1 aromatic rings. The Kier molecular flexibility index (Phi) is 2.26. The Bertz CT molecular complexity index is 327. The molecule has 3 heteroatoms. The molecule has 2 rings (SSSR count). The second-order valence-corrected chi connectivity index (χ2v) is 4.12. The van der Waals surface area contributed by atoms with Gasteiger partial charge in [0.15, 0.2) is 0 Å². The average Bonchev–Trinajstić information content (AvgIpc) is 2.07. The van der Waals surface area contributed by atoms with E-state index < -0.39 is 6.10 Å². The van der Waals surface area contributed by atoms with E-state index in [2.05, 4.69) is 11.9 Å². The van der Waals surface area contributed by atoms with Crippen molar-refractivity contribution in [3.63, 3.8) is 0 Å². The van der Waals surface area contributed by atoms with Crippen LogP contribution in [0.4, 0.5) is 0 Å². The summed E-state index contributed by atoms with van der Waals surface area (Å²) in [5.74, 6) is 0.490. The van der Waals surface area contributed by atoms with Gasteiger partial charge in [0, 0.05) is 11.2 Å². The minimum Gasteiger partial charge on any atom is -0.387 e. The van der Waals surface area contributed by atoms with Gasteiger partial charge in [-0.15, -0.1) is 0 Å². The summed E-state index contributed by atoms with van der Waals surface area (Å²) in [4.78, 5) is 4.16. The highest BCUT2D eigenvalue weighted by Gasteiger charge is 2.25. The second-order valence-electron chi connectivity index (χ2n) is 3.72. The molecule has 1 heterocycles. The van der Waals surface area contributed by atoms with E-state index >= 15 is 0 Å². The van der Waals surface area contributed by atoms with E-state index in [0.717, 1.165) is 29.1 Å². The van der Waals surface area contributed by atoms with Crippen LogP contribution < -0.4 is 0 Å². The van der Waals surface area contributed by atoms with Crippen molar-refractivity contribution in [3.8, 4) is 0 Å². The largest absolute Gasteiger partial charge is 0.387 e. The summed E-state index contributed by atoms with van der Waals surface area (Å²) in [6.45, 7) is 2.12. The number of fused-ring (bicyclic) bond motifs is 1. The molecule has 1 aliphatic carbocycles. The fraction of sp³-hybridized carbons (Fsp3) is 0.500. The molecule has 0 aromatic carbocycles. The third-order valence-corrected chi connectivity index (χ3v) is 2.88. The van der Waals surface area contributed by atoms with Gasteiger partial charge in [-0.25, -0.2) is 0 Å². The van der Waals surface area contributed by atoms with Crippen LogP contribution in [-0.4, -0.2) is 10.1 Å². The zero-order chi connectivity index (χ0) is 9.42. The molecule has 0 bridgehead atoms. The van der Waals surface area contributed by atoms with Crippen molar-refractivity contribution in [1.82, 2.24) is 4.98 Å². The fourth-order valence-corrected chi connectivity index (χ4v) is 2.13. The van der Waals surface area contributed by atoms with Gasteiger partial charge in [-0.2, -0.15) is 0 Å². The molecular weight excluding hydrogens is 186 g/mol. The number of aliphatic hydroxyl groups is 1. The number of hydrogen-bond donors (Lipinski definition) is 1. The van der Waals surface area contributed by atoms with E-state index in [0.29, 0.717) is 5.92 Å². The Morgan fingerprint density at radius 3 is 3.15 bits per heavy atom. The molecule has 1 N–H and O–H groups in total. The molecule has 13 heavy (non-hydrogen) atoms. The fourth-order valence-electron chi connectivity index (χ4n) is 1.90. The highest BCUT2D eigenvalue weighted by atomic mass is 35.5. The van der Waals surface area contributed by atoms with Crippen molar-refractivity contribution >= 4 is 11.6 Å². The van der Waals surface area contributed by atoms with E-state index in [1.54, 1.807) is 12.3 Å². The topological polar surface area (TPSA) is 33.1 Å². The zero-order valence-corrected chi connectivity index (χ0v) is 8.25. The molecule has 0 spiro atoms. The lowest BCUT2D eigenvalue weighted by Gasteiger charge is -2.25. The highest BCUT2D eigenvalue weighted by molar-refractivity contribution is 6.31. The summed E-state index contributed by atoms with van der Waals surface area (Å²) in [5.41, 5.74) is 1.79. The third-order valence-electron chi connectivity index (χ3n) is 2.53. The number of hydrogen-bond acceptors (Lipinski definition) is 2. The van der Waals surface area contributed by atoms with Crippen molar-refractivity contribution in [2.75, 3.05) is 0 Å². The van der Waals surface area contributed by atoms with Crippen molar-refractivity contribution in [3.05, 3.63) is 28.5 Å². The smallest absolute Gasteiger partial charge is 0.0965 e. The lowest BCUT2D eigenvalue weighted by molar-refractivity contribution is 0.131. The van der Waals surface area contributed by atoms with Crippen LogP contribution in [0, 0.1) is 5.92 Å². The van der Waals surface area contributed by atoms with Crippen LogP contribution in [0.15, 0.2) is 12.3 Å². The number of halogens is 1. The van der Waals surface area contributed by atoms with E-state index in [9.17, 15) is 5.11 Å². The van der Waals surface area contributed by atoms with Gasteiger partial charge in [0.1, 0.15) is 0 Å². The van der Waals surface area contributed by atoms with Gasteiger partial charge in [-0.3, -0.25) is 4.98 Å². The average molecular weight is 198 g/mol. The lowest BCUT2D eigenvalue weighted by atomic mass is 9.86. The molecule has 0 aliphatic heterocycles. The van der Waals surface area contributed by atoms with Gasteiger partial charge < -0.3 is 5.11 Å². The summed E-state index contributed by atoms with van der Waals surface area (Å²) in [6, 6.07) is 1.78. The summed E-state index contributed by atoms with van der Waals surface area (Å²) in [7, 11) is 0. The van der Waals surface area contributed by atoms with Crippen LogP contribution in [-0.2, 0) is 6.42 Å². The van der Waals surface area contributed by atoms with Gasteiger partial charge in [0.25, 0.3) is 0 Å². The minimum atomic E-state index is -0.433. The molecule has 0 amide bonds. The maximum Gasteiger partial charge on any atom is 0.0965 e. The summed E-state index contributed by atoms with van der Waals surface area (Å²) >= 11 is 6.02. The summed E-state index contributed by atoms with van der Waals surface area (Å²) in [5, 5.41) is 10.5. The van der Waals surface area contributed by atoms with Crippen LogP contribution in [0.5, 0.6) is 0 Å². The molecule has 0 unspecified atom stereocenters. The van der Waals surface area contributed by atoms with Gasteiger partial charge in [0.05, 0.1) is 11.8 Å². The molecule has 0 fully saturated rings. The maximum absolute atomic E-state index is 9.74. The SMILES string of the molecule is C[C@@H]1Cc2c(Cl)ccnc2[C@@H](O)C1. The first kappa shape index (κ1) is 8.97.